The molecule has 0 spiro atoms. The molecule has 0 bridgehead atoms. The van der Waals surface area contributed by atoms with Gasteiger partial charge in [0.05, 0.1) is 5.56 Å². The molecule has 1 atom stereocenters. The van der Waals surface area contributed by atoms with Gasteiger partial charge in [-0.15, -0.1) is 0 Å². The maximum atomic E-state index is 8.93. The van der Waals surface area contributed by atoms with Crippen LogP contribution in [0.3, 0.4) is 0 Å². The molecule has 1 heterocycles. The third kappa shape index (κ3) is 2.32. The van der Waals surface area contributed by atoms with Crippen molar-refractivity contribution < 1.29 is 5.21 Å². The highest BCUT2D eigenvalue weighted by molar-refractivity contribution is 9.10. The minimum atomic E-state index is 0.152. The van der Waals surface area contributed by atoms with Gasteiger partial charge in [0, 0.05) is 22.7 Å². The van der Waals surface area contributed by atoms with Crippen molar-refractivity contribution in [2.24, 2.45) is 10.9 Å². The highest BCUT2D eigenvalue weighted by Crippen LogP contribution is 2.33. The molecule has 0 aliphatic carbocycles. The van der Waals surface area contributed by atoms with Crippen LogP contribution in [0.4, 0.5) is 5.69 Å². The Balaban J connectivity index is 2.47. The number of anilines is 1. The van der Waals surface area contributed by atoms with Crippen LogP contribution in [0.2, 0.25) is 0 Å². The van der Waals surface area contributed by atoms with Gasteiger partial charge in [0.15, 0.2) is 5.84 Å². The molecule has 4 nitrogen and oxygen atoms in total. The molecule has 1 aliphatic heterocycles. The summed E-state index contributed by atoms with van der Waals surface area (Å²) in [6.07, 6.45) is 3.52. The van der Waals surface area contributed by atoms with Crippen LogP contribution in [0.1, 0.15) is 31.7 Å². The van der Waals surface area contributed by atoms with Crippen molar-refractivity contribution >= 4 is 27.5 Å². The van der Waals surface area contributed by atoms with Gasteiger partial charge < -0.3 is 15.8 Å². The molecular formula is C13H18BrN3O. The Labute approximate surface area is 116 Å². The van der Waals surface area contributed by atoms with E-state index in [0.29, 0.717) is 6.04 Å². The van der Waals surface area contributed by atoms with Crippen molar-refractivity contribution in [2.45, 2.75) is 32.2 Å². The first-order valence-electron chi connectivity index (χ1n) is 6.22. The summed E-state index contributed by atoms with van der Waals surface area (Å²) in [5, 5.41) is 12.1. The third-order valence-electron chi connectivity index (χ3n) is 3.51. The van der Waals surface area contributed by atoms with Gasteiger partial charge in [-0.05, 0) is 47.3 Å². The fourth-order valence-corrected chi connectivity index (χ4v) is 3.19. The van der Waals surface area contributed by atoms with Crippen LogP contribution in [-0.2, 0) is 0 Å². The van der Waals surface area contributed by atoms with E-state index < -0.39 is 0 Å². The quantitative estimate of drug-likeness (QED) is 0.390. The van der Waals surface area contributed by atoms with Crippen LogP contribution in [-0.4, -0.2) is 23.6 Å². The van der Waals surface area contributed by atoms with Crippen LogP contribution in [0.5, 0.6) is 0 Å². The molecule has 0 amide bonds. The number of rotatable bonds is 3. The second kappa shape index (κ2) is 5.61. The van der Waals surface area contributed by atoms with Gasteiger partial charge in [0.2, 0.25) is 0 Å². The lowest BCUT2D eigenvalue weighted by molar-refractivity contribution is 0.318. The van der Waals surface area contributed by atoms with E-state index >= 15 is 0 Å². The van der Waals surface area contributed by atoms with Crippen LogP contribution in [0.25, 0.3) is 0 Å². The molecule has 0 saturated carbocycles. The molecule has 1 fully saturated rings. The Morgan fingerprint density at radius 3 is 3.06 bits per heavy atom. The van der Waals surface area contributed by atoms with Gasteiger partial charge in [0.25, 0.3) is 0 Å². The van der Waals surface area contributed by atoms with E-state index in [1.54, 1.807) is 0 Å². The fourth-order valence-electron chi connectivity index (χ4n) is 2.63. The Morgan fingerprint density at radius 2 is 2.39 bits per heavy atom. The van der Waals surface area contributed by atoms with Crippen molar-refractivity contribution in [2.75, 3.05) is 11.4 Å². The summed E-state index contributed by atoms with van der Waals surface area (Å²) in [7, 11) is 0. The Hall–Kier alpha value is -1.23. The normalized spacial score (nSPS) is 20.4. The molecule has 1 saturated heterocycles. The molecule has 1 unspecified atom stereocenters. The lowest BCUT2D eigenvalue weighted by atomic mass is 10.1. The second-order valence-electron chi connectivity index (χ2n) is 4.52. The SMILES string of the molecule is CCC1CCCN1c1cccc(Br)c1/C(N)=N/O. The summed E-state index contributed by atoms with van der Waals surface area (Å²) in [6.45, 7) is 3.23. The van der Waals surface area contributed by atoms with Crippen molar-refractivity contribution in [3.05, 3.63) is 28.2 Å². The van der Waals surface area contributed by atoms with E-state index in [1.165, 1.54) is 12.8 Å². The molecule has 18 heavy (non-hydrogen) atoms. The van der Waals surface area contributed by atoms with Gasteiger partial charge in [-0.3, -0.25) is 0 Å². The molecule has 0 radical (unpaired) electrons. The van der Waals surface area contributed by atoms with Crippen molar-refractivity contribution in [1.82, 2.24) is 0 Å². The van der Waals surface area contributed by atoms with E-state index in [1.807, 2.05) is 18.2 Å². The van der Waals surface area contributed by atoms with Gasteiger partial charge in [-0.25, -0.2) is 0 Å². The summed E-state index contributed by atoms with van der Waals surface area (Å²) in [4.78, 5) is 2.36. The predicted octanol–water partition coefficient (Wildman–Crippen LogP) is 2.92. The standard InChI is InChI=1S/C13H18BrN3O/c1-2-9-5-4-8-17(9)11-7-3-6-10(14)12(11)13(15)16-18/h3,6-7,9,18H,2,4-5,8H2,1H3,(H2,15,16). The molecule has 5 heteroatoms. The summed E-state index contributed by atoms with van der Waals surface area (Å²) in [6, 6.07) is 6.48. The van der Waals surface area contributed by atoms with Crippen molar-refractivity contribution in [3.63, 3.8) is 0 Å². The van der Waals surface area contributed by atoms with Gasteiger partial charge in [-0.2, -0.15) is 0 Å². The highest BCUT2D eigenvalue weighted by atomic mass is 79.9. The zero-order valence-electron chi connectivity index (χ0n) is 10.4. The molecule has 2 rings (SSSR count). The predicted molar refractivity (Wildman–Crippen MR) is 77.3 cm³/mol. The molecule has 1 aliphatic rings. The Morgan fingerprint density at radius 1 is 1.61 bits per heavy atom. The smallest absolute Gasteiger partial charge is 0.173 e. The maximum absolute atomic E-state index is 8.93. The molecule has 1 aromatic carbocycles. The average molecular weight is 312 g/mol. The van der Waals surface area contributed by atoms with E-state index in [9.17, 15) is 0 Å². The lowest BCUT2D eigenvalue weighted by Gasteiger charge is -2.28. The number of benzene rings is 1. The zero-order valence-corrected chi connectivity index (χ0v) is 12.0. The number of halogens is 1. The van der Waals surface area contributed by atoms with E-state index in [4.69, 9.17) is 10.9 Å². The van der Waals surface area contributed by atoms with E-state index in [0.717, 1.165) is 28.7 Å². The molecular weight excluding hydrogens is 294 g/mol. The first-order valence-corrected chi connectivity index (χ1v) is 7.01. The zero-order chi connectivity index (χ0) is 13.1. The molecule has 98 valence electrons. The Bertz CT molecular complexity index is 462. The lowest BCUT2D eigenvalue weighted by Crippen LogP contribution is -2.31. The first kappa shape index (κ1) is 13.2. The van der Waals surface area contributed by atoms with Crippen LogP contribution in [0, 0.1) is 0 Å². The fraction of sp³-hybridized carbons (Fsp3) is 0.462. The second-order valence-corrected chi connectivity index (χ2v) is 5.37. The summed E-state index contributed by atoms with van der Waals surface area (Å²) < 4.78 is 0.858. The number of hydrogen-bond donors (Lipinski definition) is 2. The number of oxime groups is 1. The van der Waals surface area contributed by atoms with E-state index in [-0.39, 0.29) is 5.84 Å². The Kier molecular flexibility index (Phi) is 4.11. The van der Waals surface area contributed by atoms with Crippen LogP contribution in [0.15, 0.2) is 27.8 Å². The summed E-state index contributed by atoms with van der Waals surface area (Å²) in [5.74, 6) is 0.152. The number of hydrogen-bond acceptors (Lipinski definition) is 3. The largest absolute Gasteiger partial charge is 0.409 e. The van der Waals surface area contributed by atoms with Gasteiger partial charge in [0.1, 0.15) is 0 Å². The number of nitrogens with two attached hydrogens (primary N) is 1. The van der Waals surface area contributed by atoms with Crippen molar-refractivity contribution in [3.8, 4) is 0 Å². The molecule has 0 aromatic heterocycles. The van der Waals surface area contributed by atoms with Crippen molar-refractivity contribution in [1.29, 1.82) is 0 Å². The van der Waals surface area contributed by atoms with Gasteiger partial charge in [-0.1, -0.05) is 18.1 Å². The van der Waals surface area contributed by atoms with Crippen LogP contribution < -0.4 is 10.6 Å². The highest BCUT2D eigenvalue weighted by Gasteiger charge is 2.26. The maximum Gasteiger partial charge on any atom is 0.173 e. The summed E-state index contributed by atoms with van der Waals surface area (Å²) in [5.41, 5.74) is 7.62. The van der Waals surface area contributed by atoms with Gasteiger partial charge >= 0.3 is 0 Å². The monoisotopic (exact) mass is 311 g/mol. The minimum Gasteiger partial charge on any atom is -0.409 e. The molecule has 3 N–H and O–H groups in total. The first-order chi connectivity index (χ1) is 8.69. The topological polar surface area (TPSA) is 61.8 Å². The minimum absolute atomic E-state index is 0.152. The number of amidine groups is 1. The van der Waals surface area contributed by atoms with Crippen LogP contribution >= 0.6 is 15.9 Å². The number of nitrogens with zero attached hydrogens (tertiary/aromatic N) is 2. The summed E-state index contributed by atoms with van der Waals surface area (Å²) >= 11 is 3.48. The van der Waals surface area contributed by atoms with E-state index in [2.05, 4.69) is 32.9 Å². The molecule has 1 aromatic rings. The third-order valence-corrected chi connectivity index (χ3v) is 4.17. The average Bonchev–Trinajstić information content (AvgIpc) is 2.85.